The zero-order valence-electron chi connectivity index (χ0n) is 14.0. The zero-order valence-corrected chi connectivity index (χ0v) is 14.9. The number of benzene rings is 1. The predicted molar refractivity (Wildman–Crippen MR) is 94.6 cm³/mol. The Balaban J connectivity index is 1.80. The minimum atomic E-state index is -0.176. The molecule has 0 atom stereocenters. The number of hydrogen-bond donors (Lipinski definition) is 2. The number of aryl methyl sites for hydroxylation is 3. The largest absolute Gasteiger partial charge is 0.356 e. The number of halogens is 1. The van der Waals surface area contributed by atoms with Crippen molar-refractivity contribution in [1.29, 1.82) is 0 Å². The molecule has 0 fully saturated rings. The molecule has 0 aliphatic carbocycles. The molecule has 1 aromatic carbocycles. The zero-order chi connectivity index (χ0) is 16.8. The Bertz CT molecular complexity index is 674. The highest BCUT2D eigenvalue weighted by atomic mass is 32.1. The summed E-state index contributed by atoms with van der Waals surface area (Å²) in [5.41, 5.74) is 2.79. The first-order valence-electron chi connectivity index (χ1n) is 7.62. The third kappa shape index (κ3) is 5.03. The summed E-state index contributed by atoms with van der Waals surface area (Å²) in [5.74, 6) is 0.558. The molecule has 1 aromatic heterocycles. The van der Waals surface area contributed by atoms with Crippen LogP contribution in [0.15, 0.2) is 23.2 Å². The van der Waals surface area contributed by atoms with Gasteiger partial charge in [-0.15, -0.1) is 11.3 Å². The highest BCUT2D eigenvalue weighted by Gasteiger charge is 2.05. The van der Waals surface area contributed by atoms with Gasteiger partial charge in [-0.2, -0.15) is 0 Å². The second-order valence-corrected chi connectivity index (χ2v) is 6.72. The standard InChI is InChI=1S/C17H23FN4S/c1-11-9-14(5-6-15(11)18)10-21-17(19-4)20-8-7-16-22-12(2)13(3)23-16/h5-6,9H,7-8,10H2,1-4H3,(H2,19,20,21). The molecule has 124 valence electrons. The SMILES string of the molecule is CN=C(NCCc1nc(C)c(C)s1)NCc1ccc(F)c(C)c1. The van der Waals surface area contributed by atoms with Crippen LogP contribution in [-0.4, -0.2) is 24.5 Å². The van der Waals surface area contributed by atoms with E-state index in [1.54, 1.807) is 31.4 Å². The summed E-state index contributed by atoms with van der Waals surface area (Å²) >= 11 is 1.74. The first-order chi connectivity index (χ1) is 11.0. The molecule has 0 aliphatic rings. The normalized spacial score (nSPS) is 11.6. The van der Waals surface area contributed by atoms with Crippen molar-refractivity contribution in [3.8, 4) is 0 Å². The van der Waals surface area contributed by atoms with E-state index in [4.69, 9.17) is 0 Å². The van der Waals surface area contributed by atoms with Gasteiger partial charge in [0.1, 0.15) is 5.82 Å². The summed E-state index contributed by atoms with van der Waals surface area (Å²) in [5, 5.41) is 7.65. The lowest BCUT2D eigenvalue weighted by molar-refractivity contribution is 0.617. The smallest absolute Gasteiger partial charge is 0.191 e. The first-order valence-corrected chi connectivity index (χ1v) is 8.43. The van der Waals surface area contributed by atoms with E-state index in [-0.39, 0.29) is 5.82 Å². The van der Waals surface area contributed by atoms with E-state index in [9.17, 15) is 4.39 Å². The fourth-order valence-corrected chi connectivity index (χ4v) is 3.09. The molecule has 0 amide bonds. The molecule has 0 bridgehead atoms. The lowest BCUT2D eigenvalue weighted by Crippen LogP contribution is -2.37. The Hall–Kier alpha value is -1.95. The molecule has 4 nitrogen and oxygen atoms in total. The van der Waals surface area contributed by atoms with Gasteiger partial charge in [0.25, 0.3) is 0 Å². The minimum absolute atomic E-state index is 0.176. The lowest BCUT2D eigenvalue weighted by Gasteiger charge is -2.12. The summed E-state index contributed by atoms with van der Waals surface area (Å²) < 4.78 is 13.3. The minimum Gasteiger partial charge on any atom is -0.356 e. The number of aliphatic imine (C=N–C) groups is 1. The van der Waals surface area contributed by atoms with Crippen LogP contribution in [0.25, 0.3) is 0 Å². The van der Waals surface area contributed by atoms with Crippen molar-refractivity contribution in [2.75, 3.05) is 13.6 Å². The Morgan fingerprint density at radius 1 is 1.26 bits per heavy atom. The molecule has 2 rings (SSSR count). The van der Waals surface area contributed by atoms with E-state index in [0.717, 1.165) is 35.2 Å². The predicted octanol–water partition coefficient (Wildman–Crippen LogP) is 3.12. The monoisotopic (exact) mass is 334 g/mol. The summed E-state index contributed by atoms with van der Waals surface area (Å²) in [7, 11) is 1.74. The van der Waals surface area contributed by atoms with Crippen LogP contribution >= 0.6 is 11.3 Å². The second-order valence-electron chi connectivity index (χ2n) is 5.44. The average molecular weight is 334 g/mol. The van der Waals surface area contributed by atoms with Crippen LogP contribution in [-0.2, 0) is 13.0 Å². The summed E-state index contributed by atoms with van der Waals surface area (Å²) in [4.78, 5) is 10.00. The van der Waals surface area contributed by atoms with Gasteiger partial charge in [0, 0.05) is 31.4 Å². The fourth-order valence-electron chi connectivity index (χ4n) is 2.16. The molecular weight excluding hydrogens is 311 g/mol. The summed E-state index contributed by atoms with van der Waals surface area (Å²) in [6, 6.07) is 5.12. The summed E-state index contributed by atoms with van der Waals surface area (Å²) in [6.45, 7) is 7.28. The summed E-state index contributed by atoms with van der Waals surface area (Å²) in [6.07, 6.45) is 0.871. The Morgan fingerprint density at radius 2 is 2.04 bits per heavy atom. The van der Waals surface area contributed by atoms with Crippen molar-refractivity contribution in [2.24, 2.45) is 4.99 Å². The van der Waals surface area contributed by atoms with Gasteiger partial charge in [0.2, 0.25) is 0 Å². The molecular formula is C17H23FN4S. The topological polar surface area (TPSA) is 49.3 Å². The average Bonchev–Trinajstić information content (AvgIpc) is 2.84. The van der Waals surface area contributed by atoms with Gasteiger partial charge in [0.05, 0.1) is 10.7 Å². The Morgan fingerprint density at radius 3 is 2.65 bits per heavy atom. The van der Waals surface area contributed by atoms with E-state index in [1.807, 2.05) is 13.0 Å². The molecule has 2 aromatic rings. The van der Waals surface area contributed by atoms with Gasteiger partial charge in [0.15, 0.2) is 5.96 Å². The van der Waals surface area contributed by atoms with Crippen molar-refractivity contribution >= 4 is 17.3 Å². The van der Waals surface area contributed by atoms with E-state index < -0.39 is 0 Å². The van der Waals surface area contributed by atoms with Crippen LogP contribution in [0.3, 0.4) is 0 Å². The third-order valence-corrected chi connectivity index (χ3v) is 4.74. The lowest BCUT2D eigenvalue weighted by atomic mass is 10.1. The molecule has 0 saturated heterocycles. The van der Waals surface area contributed by atoms with Gasteiger partial charge in [-0.1, -0.05) is 12.1 Å². The maximum atomic E-state index is 13.3. The molecule has 0 aliphatic heterocycles. The highest BCUT2D eigenvalue weighted by molar-refractivity contribution is 7.11. The van der Waals surface area contributed by atoms with Gasteiger partial charge < -0.3 is 10.6 Å². The van der Waals surface area contributed by atoms with Crippen LogP contribution in [0.1, 0.15) is 26.7 Å². The fraction of sp³-hybridized carbons (Fsp3) is 0.412. The molecule has 2 N–H and O–H groups in total. The molecule has 0 unspecified atom stereocenters. The van der Waals surface area contributed by atoms with E-state index in [0.29, 0.717) is 12.1 Å². The van der Waals surface area contributed by atoms with Gasteiger partial charge in [-0.25, -0.2) is 9.37 Å². The molecule has 23 heavy (non-hydrogen) atoms. The van der Waals surface area contributed by atoms with Crippen molar-refractivity contribution in [2.45, 2.75) is 33.7 Å². The van der Waals surface area contributed by atoms with Crippen LogP contribution in [0.4, 0.5) is 4.39 Å². The molecule has 0 radical (unpaired) electrons. The van der Waals surface area contributed by atoms with Crippen LogP contribution < -0.4 is 10.6 Å². The van der Waals surface area contributed by atoms with Gasteiger partial charge >= 0.3 is 0 Å². The third-order valence-electron chi connectivity index (χ3n) is 3.61. The molecule has 0 spiro atoms. The highest BCUT2D eigenvalue weighted by Crippen LogP contribution is 2.16. The van der Waals surface area contributed by atoms with Crippen molar-refractivity contribution in [3.63, 3.8) is 0 Å². The number of nitrogens with one attached hydrogen (secondary N) is 2. The number of rotatable bonds is 5. The van der Waals surface area contributed by atoms with Gasteiger partial charge in [-0.05, 0) is 38.0 Å². The number of guanidine groups is 1. The van der Waals surface area contributed by atoms with Crippen LogP contribution in [0, 0.1) is 26.6 Å². The Labute approximate surface area is 140 Å². The van der Waals surface area contributed by atoms with Crippen LogP contribution in [0.5, 0.6) is 0 Å². The molecule has 6 heteroatoms. The maximum Gasteiger partial charge on any atom is 0.191 e. The number of nitrogens with zero attached hydrogens (tertiary/aromatic N) is 2. The van der Waals surface area contributed by atoms with E-state index in [1.165, 1.54) is 10.9 Å². The van der Waals surface area contributed by atoms with E-state index in [2.05, 4.69) is 27.5 Å². The van der Waals surface area contributed by atoms with E-state index >= 15 is 0 Å². The first kappa shape index (κ1) is 17.4. The second kappa shape index (κ2) is 8.06. The van der Waals surface area contributed by atoms with Crippen molar-refractivity contribution < 1.29 is 4.39 Å². The van der Waals surface area contributed by atoms with Crippen LogP contribution in [0.2, 0.25) is 0 Å². The quantitative estimate of drug-likeness (QED) is 0.652. The molecule has 0 saturated carbocycles. The maximum absolute atomic E-state index is 13.3. The van der Waals surface area contributed by atoms with Gasteiger partial charge in [-0.3, -0.25) is 4.99 Å². The molecule has 1 heterocycles. The Kier molecular flexibility index (Phi) is 6.10. The number of aromatic nitrogens is 1. The van der Waals surface area contributed by atoms with Crippen molar-refractivity contribution in [3.05, 3.63) is 50.7 Å². The number of hydrogen-bond acceptors (Lipinski definition) is 3. The van der Waals surface area contributed by atoms with Crippen molar-refractivity contribution in [1.82, 2.24) is 15.6 Å². The number of thiazole rings is 1.